The normalized spacial score (nSPS) is 18.1. The highest BCUT2D eigenvalue weighted by Crippen LogP contribution is 2.21. The minimum atomic E-state index is -3.31. The molecule has 2 heterocycles. The molecule has 9 heteroatoms. The first kappa shape index (κ1) is 18.4. The predicted octanol–water partition coefficient (Wildman–Crippen LogP) is 1.65. The molecule has 2 N–H and O–H groups in total. The van der Waals surface area contributed by atoms with Crippen molar-refractivity contribution in [1.82, 2.24) is 9.62 Å². The third-order valence-electron chi connectivity index (χ3n) is 4.29. The summed E-state index contributed by atoms with van der Waals surface area (Å²) in [5.41, 5.74) is 1.28. The molecule has 1 fully saturated rings. The topological polar surface area (TPSA) is 109 Å². The fraction of sp³-hybridized carbons (Fsp3) is 0.412. The number of carbonyl (C=O) groups excluding carboxylic acids is 1. The number of fused-ring (bicyclic) bond motifs is 1. The predicted molar refractivity (Wildman–Crippen MR) is 98.8 cm³/mol. The van der Waals surface area contributed by atoms with Crippen LogP contribution < -0.4 is 15.7 Å². The summed E-state index contributed by atoms with van der Waals surface area (Å²) < 4.78 is 30.5. The standard InChI is InChI=1S/C17H21N3O5S/c1-11-8-16(21)25-15-9-12(5-6-14(11)15)18-17(22)20-7-3-4-13(10-20)19-26(2,23)24/h5-6,8-9,13,19H,3-4,7,10H2,1-2H3,(H,18,22)/t13-/m1/s1. The van der Waals surface area contributed by atoms with Crippen LogP contribution in [0.3, 0.4) is 0 Å². The molecule has 2 aromatic rings. The molecule has 0 bridgehead atoms. The van der Waals surface area contributed by atoms with Gasteiger partial charge in [-0.1, -0.05) is 0 Å². The van der Waals surface area contributed by atoms with E-state index in [2.05, 4.69) is 10.0 Å². The van der Waals surface area contributed by atoms with Crippen molar-refractivity contribution in [3.8, 4) is 0 Å². The number of hydrogen-bond acceptors (Lipinski definition) is 5. The minimum Gasteiger partial charge on any atom is -0.423 e. The van der Waals surface area contributed by atoms with Crippen molar-refractivity contribution in [3.63, 3.8) is 0 Å². The van der Waals surface area contributed by atoms with Crippen molar-refractivity contribution in [3.05, 3.63) is 40.2 Å². The van der Waals surface area contributed by atoms with Crippen LogP contribution in [0.4, 0.5) is 10.5 Å². The van der Waals surface area contributed by atoms with Gasteiger partial charge in [-0.25, -0.2) is 22.7 Å². The molecule has 0 spiro atoms. The van der Waals surface area contributed by atoms with Crippen molar-refractivity contribution in [1.29, 1.82) is 0 Å². The maximum Gasteiger partial charge on any atom is 0.336 e. The number of piperidine rings is 1. The van der Waals surface area contributed by atoms with Gasteiger partial charge in [-0.2, -0.15) is 0 Å². The number of rotatable bonds is 3. The zero-order valence-electron chi connectivity index (χ0n) is 14.6. The van der Waals surface area contributed by atoms with Crippen LogP contribution in [0.5, 0.6) is 0 Å². The van der Waals surface area contributed by atoms with E-state index in [-0.39, 0.29) is 12.1 Å². The second kappa shape index (κ2) is 7.08. The number of likely N-dealkylation sites (tertiary alicyclic amines) is 1. The number of nitrogens with zero attached hydrogens (tertiary/aromatic N) is 1. The number of carbonyl (C=O) groups is 1. The van der Waals surface area contributed by atoms with E-state index in [0.29, 0.717) is 37.2 Å². The highest BCUT2D eigenvalue weighted by atomic mass is 32.2. The van der Waals surface area contributed by atoms with Crippen LogP contribution in [0.2, 0.25) is 0 Å². The number of aryl methyl sites for hydroxylation is 1. The van der Waals surface area contributed by atoms with E-state index in [0.717, 1.165) is 17.2 Å². The Kier molecular flexibility index (Phi) is 5.01. The molecule has 0 saturated carbocycles. The van der Waals surface area contributed by atoms with Crippen LogP contribution in [0.15, 0.2) is 33.5 Å². The van der Waals surface area contributed by atoms with E-state index >= 15 is 0 Å². The van der Waals surface area contributed by atoms with Gasteiger partial charge in [-0.3, -0.25) is 0 Å². The van der Waals surface area contributed by atoms with Gasteiger partial charge < -0.3 is 14.6 Å². The van der Waals surface area contributed by atoms with Crippen LogP contribution in [0, 0.1) is 6.92 Å². The number of amides is 2. The van der Waals surface area contributed by atoms with Crippen molar-refractivity contribution in [2.45, 2.75) is 25.8 Å². The van der Waals surface area contributed by atoms with Gasteiger partial charge in [-0.15, -0.1) is 0 Å². The fourth-order valence-corrected chi connectivity index (χ4v) is 3.96. The summed E-state index contributed by atoms with van der Waals surface area (Å²) in [4.78, 5) is 25.6. The number of urea groups is 1. The first-order chi connectivity index (χ1) is 12.2. The van der Waals surface area contributed by atoms with Gasteiger partial charge in [0.1, 0.15) is 5.58 Å². The smallest absolute Gasteiger partial charge is 0.336 e. The third-order valence-corrected chi connectivity index (χ3v) is 5.05. The largest absolute Gasteiger partial charge is 0.423 e. The molecule has 1 atom stereocenters. The van der Waals surface area contributed by atoms with E-state index in [1.807, 2.05) is 6.92 Å². The lowest BCUT2D eigenvalue weighted by molar-refractivity contribution is 0.190. The van der Waals surface area contributed by atoms with Crippen molar-refractivity contribution >= 4 is 32.7 Å². The zero-order chi connectivity index (χ0) is 18.9. The number of anilines is 1. The van der Waals surface area contributed by atoms with E-state index in [4.69, 9.17) is 4.42 Å². The molecule has 1 aliphatic heterocycles. The Bertz CT molecular complexity index is 999. The van der Waals surface area contributed by atoms with E-state index < -0.39 is 15.6 Å². The molecule has 1 saturated heterocycles. The van der Waals surface area contributed by atoms with Crippen LogP contribution >= 0.6 is 0 Å². The Morgan fingerprint density at radius 2 is 2.08 bits per heavy atom. The Morgan fingerprint density at radius 1 is 1.31 bits per heavy atom. The number of nitrogens with one attached hydrogen (secondary N) is 2. The van der Waals surface area contributed by atoms with Gasteiger partial charge in [0.15, 0.2) is 0 Å². The number of hydrogen-bond donors (Lipinski definition) is 2. The second-order valence-electron chi connectivity index (χ2n) is 6.56. The van der Waals surface area contributed by atoms with Gasteiger partial charge in [0.25, 0.3) is 0 Å². The van der Waals surface area contributed by atoms with E-state index in [1.54, 1.807) is 23.1 Å². The zero-order valence-corrected chi connectivity index (χ0v) is 15.4. The first-order valence-electron chi connectivity index (χ1n) is 8.29. The van der Waals surface area contributed by atoms with Crippen molar-refractivity contribution < 1.29 is 17.6 Å². The lowest BCUT2D eigenvalue weighted by atomic mass is 10.1. The minimum absolute atomic E-state index is 0.290. The highest BCUT2D eigenvalue weighted by molar-refractivity contribution is 7.88. The summed E-state index contributed by atoms with van der Waals surface area (Å²) >= 11 is 0. The third kappa shape index (κ3) is 4.41. The van der Waals surface area contributed by atoms with Crippen molar-refractivity contribution in [2.24, 2.45) is 0 Å². The molecular formula is C17H21N3O5S. The Labute approximate surface area is 151 Å². The molecular weight excluding hydrogens is 358 g/mol. The molecule has 2 amide bonds. The Balaban J connectivity index is 1.73. The summed E-state index contributed by atoms with van der Waals surface area (Å²) in [6.45, 7) is 2.68. The average molecular weight is 379 g/mol. The SMILES string of the molecule is Cc1cc(=O)oc2cc(NC(=O)N3CCC[C@@H](NS(C)(=O)=O)C3)ccc12. The molecule has 1 aromatic carbocycles. The molecule has 3 rings (SSSR count). The Hall–Kier alpha value is -2.39. The van der Waals surface area contributed by atoms with Crippen LogP contribution in [0.25, 0.3) is 11.0 Å². The van der Waals surface area contributed by atoms with Gasteiger partial charge in [-0.05, 0) is 37.5 Å². The molecule has 1 aliphatic rings. The monoisotopic (exact) mass is 379 g/mol. The second-order valence-corrected chi connectivity index (χ2v) is 8.34. The molecule has 0 aliphatic carbocycles. The Morgan fingerprint density at radius 3 is 2.81 bits per heavy atom. The molecule has 8 nitrogen and oxygen atoms in total. The van der Waals surface area contributed by atoms with Crippen molar-refractivity contribution in [2.75, 3.05) is 24.7 Å². The van der Waals surface area contributed by atoms with E-state index in [9.17, 15) is 18.0 Å². The summed E-state index contributed by atoms with van der Waals surface area (Å²) in [7, 11) is -3.31. The lowest BCUT2D eigenvalue weighted by Crippen LogP contribution is -2.50. The lowest BCUT2D eigenvalue weighted by Gasteiger charge is -2.32. The summed E-state index contributed by atoms with van der Waals surface area (Å²) in [6, 6.07) is 5.94. The quantitative estimate of drug-likeness (QED) is 0.788. The van der Waals surface area contributed by atoms with Crippen LogP contribution in [-0.4, -0.2) is 44.7 Å². The molecule has 140 valence electrons. The van der Waals surface area contributed by atoms with Crippen LogP contribution in [0.1, 0.15) is 18.4 Å². The average Bonchev–Trinajstić information content (AvgIpc) is 2.53. The van der Waals surface area contributed by atoms with Gasteiger partial charge in [0.2, 0.25) is 10.0 Å². The maximum absolute atomic E-state index is 12.5. The summed E-state index contributed by atoms with van der Waals surface area (Å²) in [5.74, 6) is 0. The first-order valence-corrected chi connectivity index (χ1v) is 10.2. The van der Waals surface area contributed by atoms with Gasteiger partial charge in [0.05, 0.1) is 6.26 Å². The molecule has 1 aromatic heterocycles. The molecule has 0 radical (unpaired) electrons. The maximum atomic E-state index is 12.5. The van der Waals surface area contributed by atoms with Gasteiger partial charge >= 0.3 is 11.7 Å². The van der Waals surface area contributed by atoms with Crippen LogP contribution in [-0.2, 0) is 10.0 Å². The number of sulfonamides is 1. The molecule has 26 heavy (non-hydrogen) atoms. The number of benzene rings is 1. The summed E-state index contributed by atoms with van der Waals surface area (Å²) in [5, 5.41) is 3.58. The summed E-state index contributed by atoms with van der Waals surface area (Å²) in [6.07, 6.45) is 2.51. The highest BCUT2D eigenvalue weighted by Gasteiger charge is 2.25. The molecule has 0 unspecified atom stereocenters. The fourth-order valence-electron chi connectivity index (χ4n) is 3.17. The van der Waals surface area contributed by atoms with E-state index in [1.165, 1.54) is 6.07 Å². The van der Waals surface area contributed by atoms with Gasteiger partial charge in [0, 0.05) is 42.3 Å².